The van der Waals surface area contributed by atoms with Crippen LogP contribution in [0.1, 0.15) is 66.2 Å². The zero-order chi connectivity index (χ0) is 10.3. The average molecular weight is 186 g/mol. The van der Waals surface area contributed by atoms with Crippen molar-refractivity contribution in [2.75, 3.05) is 0 Å². The smallest absolute Gasteiger partial charge is 0.0545 e. The van der Waals surface area contributed by atoms with Gasteiger partial charge in [-0.25, -0.2) is 0 Å². The van der Waals surface area contributed by atoms with Crippen LogP contribution in [0.4, 0.5) is 0 Å². The first-order valence-electron chi connectivity index (χ1n) is 5.64. The molecule has 0 aliphatic rings. The second-order valence-electron chi connectivity index (χ2n) is 5.27. The van der Waals surface area contributed by atoms with Gasteiger partial charge in [-0.15, -0.1) is 0 Å². The monoisotopic (exact) mass is 186 g/mol. The molecule has 0 bridgehead atoms. The number of aliphatic hydroxyl groups excluding tert-OH is 1. The molecule has 1 unspecified atom stereocenters. The molecule has 0 amide bonds. The molecule has 0 saturated carbocycles. The Labute approximate surface area is 83.5 Å². The van der Waals surface area contributed by atoms with Crippen molar-refractivity contribution in [2.45, 2.75) is 72.3 Å². The van der Waals surface area contributed by atoms with E-state index in [1.807, 2.05) is 0 Å². The molecular weight excluding hydrogens is 160 g/mol. The Kier molecular flexibility index (Phi) is 6.40. The summed E-state index contributed by atoms with van der Waals surface area (Å²) in [5.74, 6) is 0. The second-order valence-corrected chi connectivity index (χ2v) is 5.27. The average Bonchev–Trinajstić information content (AvgIpc) is 1.94. The number of rotatable bonds is 6. The maximum Gasteiger partial charge on any atom is 0.0545 e. The summed E-state index contributed by atoms with van der Waals surface area (Å²) in [4.78, 5) is 0. The van der Waals surface area contributed by atoms with Crippen molar-refractivity contribution in [2.24, 2.45) is 5.41 Å². The minimum Gasteiger partial charge on any atom is -0.393 e. The molecule has 0 aliphatic heterocycles. The first kappa shape index (κ1) is 13.0. The van der Waals surface area contributed by atoms with Gasteiger partial charge in [-0.2, -0.15) is 0 Å². The van der Waals surface area contributed by atoms with E-state index in [2.05, 4.69) is 27.7 Å². The van der Waals surface area contributed by atoms with Gasteiger partial charge in [0, 0.05) is 0 Å². The van der Waals surface area contributed by atoms with Gasteiger partial charge in [-0.3, -0.25) is 0 Å². The van der Waals surface area contributed by atoms with Crippen LogP contribution in [0.5, 0.6) is 0 Å². The maximum absolute atomic E-state index is 9.68. The largest absolute Gasteiger partial charge is 0.393 e. The van der Waals surface area contributed by atoms with Crippen molar-refractivity contribution in [3.8, 4) is 0 Å². The zero-order valence-electron chi connectivity index (χ0n) is 9.77. The minimum absolute atomic E-state index is 0.0862. The molecule has 13 heavy (non-hydrogen) atoms. The summed E-state index contributed by atoms with van der Waals surface area (Å²) in [5, 5.41) is 9.68. The van der Waals surface area contributed by atoms with Crippen LogP contribution in [-0.2, 0) is 0 Å². The van der Waals surface area contributed by atoms with Gasteiger partial charge >= 0.3 is 0 Å². The molecule has 80 valence electrons. The van der Waals surface area contributed by atoms with Gasteiger partial charge in [0.2, 0.25) is 0 Å². The predicted molar refractivity (Wildman–Crippen MR) is 58.8 cm³/mol. The Morgan fingerprint density at radius 1 is 1.08 bits per heavy atom. The molecule has 1 heteroatoms. The fraction of sp³-hybridized carbons (Fsp3) is 1.00. The van der Waals surface area contributed by atoms with E-state index in [1.165, 1.54) is 25.7 Å². The van der Waals surface area contributed by atoms with E-state index in [1.54, 1.807) is 0 Å². The van der Waals surface area contributed by atoms with Crippen LogP contribution in [0.2, 0.25) is 0 Å². The number of unbranched alkanes of at least 4 members (excludes halogenated alkanes) is 3. The zero-order valence-corrected chi connectivity index (χ0v) is 9.77. The molecule has 0 spiro atoms. The van der Waals surface area contributed by atoms with E-state index in [9.17, 15) is 5.11 Å². The molecule has 1 nitrogen and oxygen atoms in total. The lowest BCUT2D eigenvalue weighted by Crippen LogP contribution is -2.17. The van der Waals surface area contributed by atoms with Gasteiger partial charge in [0.25, 0.3) is 0 Å². The summed E-state index contributed by atoms with van der Waals surface area (Å²) in [6, 6.07) is 0. The SMILES string of the molecule is CCCCCCC(O)CC(C)(C)C. The summed E-state index contributed by atoms with van der Waals surface area (Å²) >= 11 is 0. The van der Waals surface area contributed by atoms with Crippen molar-refractivity contribution in [1.29, 1.82) is 0 Å². The van der Waals surface area contributed by atoms with E-state index in [4.69, 9.17) is 0 Å². The van der Waals surface area contributed by atoms with Gasteiger partial charge in [0.15, 0.2) is 0 Å². The topological polar surface area (TPSA) is 20.2 Å². The van der Waals surface area contributed by atoms with Crippen LogP contribution in [0.15, 0.2) is 0 Å². The highest BCUT2D eigenvalue weighted by atomic mass is 16.3. The van der Waals surface area contributed by atoms with Crippen LogP contribution in [0.3, 0.4) is 0 Å². The van der Waals surface area contributed by atoms with Crippen molar-refractivity contribution >= 4 is 0 Å². The van der Waals surface area contributed by atoms with Gasteiger partial charge in [0.05, 0.1) is 6.10 Å². The van der Waals surface area contributed by atoms with Crippen molar-refractivity contribution < 1.29 is 5.11 Å². The molecule has 0 aromatic heterocycles. The second kappa shape index (κ2) is 6.42. The lowest BCUT2D eigenvalue weighted by molar-refractivity contribution is 0.110. The van der Waals surface area contributed by atoms with E-state index in [0.717, 1.165) is 12.8 Å². The minimum atomic E-state index is -0.0862. The molecule has 0 heterocycles. The third kappa shape index (κ3) is 9.88. The van der Waals surface area contributed by atoms with Crippen LogP contribution >= 0.6 is 0 Å². The van der Waals surface area contributed by atoms with Crippen LogP contribution in [0, 0.1) is 5.41 Å². The highest BCUT2D eigenvalue weighted by Gasteiger charge is 2.15. The first-order valence-corrected chi connectivity index (χ1v) is 5.64. The molecule has 1 N–H and O–H groups in total. The van der Waals surface area contributed by atoms with Crippen molar-refractivity contribution in [3.05, 3.63) is 0 Å². The molecule has 1 atom stereocenters. The molecule has 0 saturated heterocycles. The van der Waals surface area contributed by atoms with Crippen LogP contribution < -0.4 is 0 Å². The summed E-state index contributed by atoms with van der Waals surface area (Å²) in [6.45, 7) is 8.76. The normalized spacial score (nSPS) is 14.5. The van der Waals surface area contributed by atoms with Gasteiger partial charge in [0.1, 0.15) is 0 Å². The summed E-state index contributed by atoms with van der Waals surface area (Å²) in [5.41, 5.74) is 0.268. The summed E-state index contributed by atoms with van der Waals surface area (Å²) in [7, 11) is 0. The highest BCUT2D eigenvalue weighted by Crippen LogP contribution is 2.23. The third-order valence-electron chi connectivity index (χ3n) is 2.24. The van der Waals surface area contributed by atoms with E-state index in [-0.39, 0.29) is 11.5 Å². The molecule has 0 aliphatic carbocycles. The van der Waals surface area contributed by atoms with E-state index >= 15 is 0 Å². The Bertz CT molecular complexity index is 113. The Morgan fingerprint density at radius 3 is 2.15 bits per heavy atom. The van der Waals surface area contributed by atoms with E-state index < -0.39 is 0 Å². The Balaban J connectivity index is 3.35. The summed E-state index contributed by atoms with van der Waals surface area (Å²) in [6.07, 6.45) is 6.87. The lowest BCUT2D eigenvalue weighted by atomic mass is 9.87. The first-order chi connectivity index (χ1) is 5.95. The molecule has 0 aromatic rings. The highest BCUT2D eigenvalue weighted by molar-refractivity contribution is 4.67. The predicted octanol–water partition coefficient (Wildman–Crippen LogP) is 3.75. The van der Waals surface area contributed by atoms with Gasteiger partial charge in [-0.05, 0) is 18.3 Å². The van der Waals surface area contributed by atoms with Crippen LogP contribution in [0.25, 0.3) is 0 Å². The number of hydrogen-bond donors (Lipinski definition) is 1. The quantitative estimate of drug-likeness (QED) is 0.626. The summed E-state index contributed by atoms with van der Waals surface area (Å²) < 4.78 is 0. The van der Waals surface area contributed by atoms with Crippen LogP contribution in [-0.4, -0.2) is 11.2 Å². The molecular formula is C12H26O. The molecule has 0 aromatic carbocycles. The standard InChI is InChI=1S/C12H26O/c1-5-6-7-8-9-11(13)10-12(2,3)4/h11,13H,5-10H2,1-4H3. The van der Waals surface area contributed by atoms with E-state index in [0.29, 0.717) is 0 Å². The van der Waals surface area contributed by atoms with Gasteiger partial charge < -0.3 is 5.11 Å². The molecule has 0 fully saturated rings. The third-order valence-corrected chi connectivity index (χ3v) is 2.24. The van der Waals surface area contributed by atoms with Crippen molar-refractivity contribution in [3.63, 3.8) is 0 Å². The Hall–Kier alpha value is -0.0400. The number of hydrogen-bond acceptors (Lipinski definition) is 1. The van der Waals surface area contributed by atoms with Gasteiger partial charge in [-0.1, -0.05) is 53.4 Å². The molecule has 0 rings (SSSR count). The maximum atomic E-state index is 9.68. The Morgan fingerprint density at radius 2 is 1.69 bits per heavy atom. The lowest BCUT2D eigenvalue weighted by Gasteiger charge is -2.22. The fourth-order valence-electron chi connectivity index (χ4n) is 1.62. The fourth-order valence-corrected chi connectivity index (χ4v) is 1.62. The number of aliphatic hydroxyl groups is 1. The van der Waals surface area contributed by atoms with Crippen molar-refractivity contribution in [1.82, 2.24) is 0 Å². The molecule has 0 radical (unpaired) electrons.